The summed E-state index contributed by atoms with van der Waals surface area (Å²) in [7, 11) is 0. The lowest BCUT2D eigenvalue weighted by atomic mass is 10.2. The zero-order valence-corrected chi connectivity index (χ0v) is 11.0. The molecule has 1 aromatic heterocycles. The number of nitrogens with two attached hydrogens (primary N) is 1. The Morgan fingerprint density at radius 2 is 2.12 bits per heavy atom. The van der Waals surface area contributed by atoms with Crippen molar-refractivity contribution in [1.29, 1.82) is 0 Å². The first-order valence-corrected chi connectivity index (χ1v) is 6.67. The van der Waals surface area contributed by atoms with E-state index in [1.165, 1.54) is 0 Å². The molecule has 1 rings (SSSR count). The number of carbonyl (C=O) groups excluding carboxylic acids is 1. The molecule has 1 heterocycles. The molecule has 0 aromatic carbocycles. The van der Waals surface area contributed by atoms with Crippen LogP contribution in [0.4, 0.5) is 5.95 Å². The molecule has 1 aromatic rings. The fourth-order valence-electron chi connectivity index (χ4n) is 1.09. The predicted molar refractivity (Wildman–Crippen MR) is 68.9 cm³/mol. The minimum absolute atomic E-state index is 0.206. The van der Waals surface area contributed by atoms with Gasteiger partial charge in [-0.3, -0.25) is 10.1 Å². The van der Waals surface area contributed by atoms with Crippen molar-refractivity contribution >= 4 is 23.6 Å². The number of nitrogens with one attached hydrogen (secondary N) is 1. The van der Waals surface area contributed by atoms with Crippen molar-refractivity contribution < 1.29 is 4.79 Å². The van der Waals surface area contributed by atoms with Crippen molar-refractivity contribution in [2.45, 2.75) is 26.3 Å². The van der Waals surface area contributed by atoms with Crippen LogP contribution in [0.5, 0.6) is 0 Å². The van der Waals surface area contributed by atoms with E-state index in [-0.39, 0.29) is 11.9 Å². The normalized spacial score (nSPS) is 12.2. The lowest BCUT2D eigenvalue weighted by molar-refractivity contribution is -0.117. The van der Waals surface area contributed by atoms with Crippen molar-refractivity contribution in [2.24, 2.45) is 5.73 Å². The van der Waals surface area contributed by atoms with Gasteiger partial charge in [0.25, 0.3) is 0 Å². The van der Waals surface area contributed by atoms with Gasteiger partial charge >= 0.3 is 0 Å². The average molecular weight is 255 g/mol. The van der Waals surface area contributed by atoms with E-state index in [0.29, 0.717) is 6.42 Å². The third-order valence-corrected chi connectivity index (χ3v) is 2.94. The number of hydrogen-bond acceptors (Lipinski definition) is 6. The van der Waals surface area contributed by atoms with E-state index in [1.54, 1.807) is 11.8 Å². The van der Waals surface area contributed by atoms with Crippen LogP contribution in [0, 0.1) is 13.8 Å². The summed E-state index contributed by atoms with van der Waals surface area (Å²) in [6.07, 6.45) is 2.60. The SMILES string of the molecule is CSCC[C@H](N)C(=O)Nc1nnc(C)c(C)n1. The molecule has 0 unspecified atom stereocenters. The molecule has 0 spiro atoms. The molecule has 94 valence electrons. The third-order valence-electron chi connectivity index (χ3n) is 2.30. The third kappa shape index (κ3) is 4.27. The summed E-state index contributed by atoms with van der Waals surface area (Å²) in [5.41, 5.74) is 7.21. The minimum Gasteiger partial charge on any atom is -0.320 e. The van der Waals surface area contributed by atoms with Crippen LogP contribution < -0.4 is 11.1 Å². The number of aromatic nitrogens is 3. The summed E-state index contributed by atoms with van der Waals surface area (Å²) in [4.78, 5) is 15.8. The van der Waals surface area contributed by atoms with Crippen LogP contribution in [0.3, 0.4) is 0 Å². The van der Waals surface area contributed by atoms with E-state index < -0.39 is 6.04 Å². The summed E-state index contributed by atoms with van der Waals surface area (Å²) >= 11 is 1.65. The Labute approximate surface area is 105 Å². The summed E-state index contributed by atoms with van der Waals surface area (Å²) in [5.74, 6) is 0.780. The Hall–Kier alpha value is -1.21. The van der Waals surface area contributed by atoms with Crippen LogP contribution in [0.2, 0.25) is 0 Å². The number of aryl methyl sites for hydroxylation is 2. The summed E-state index contributed by atoms with van der Waals surface area (Å²) in [5, 5.41) is 10.2. The first-order valence-electron chi connectivity index (χ1n) is 5.28. The average Bonchev–Trinajstić information content (AvgIpc) is 2.30. The summed E-state index contributed by atoms with van der Waals surface area (Å²) < 4.78 is 0. The van der Waals surface area contributed by atoms with Crippen LogP contribution in [-0.2, 0) is 4.79 Å². The number of hydrogen-bond donors (Lipinski definition) is 2. The fraction of sp³-hybridized carbons (Fsp3) is 0.600. The maximum atomic E-state index is 11.7. The van der Waals surface area contributed by atoms with Gasteiger partial charge in [-0.05, 0) is 32.3 Å². The van der Waals surface area contributed by atoms with Gasteiger partial charge in [-0.15, -0.1) is 5.10 Å². The zero-order valence-electron chi connectivity index (χ0n) is 10.2. The first kappa shape index (κ1) is 13.9. The topological polar surface area (TPSA) is 93.8 Å². The molecule has 0 aliphatic rings. The molecule has 7 heteroatoms. The molecule has 17 heavy (non-hydrogen) atoms. The Morgan fingerprint density at radius 3 is 2.71 bits per heavy atom. The van der Waals surface area contributed by atoms with E-state index in [9.17, 15) is 4.79 Å². The van der Waals surface area contributed by atoms with Crippen LogP contribution >= 0.6 is 11.8 Å². The van der Waals surface area contributed by atoms with Crippen LogP contribution in [0.1, 0.15) is 17.8 Å². The molecular formula is C10H17N5OS. The number of amides is 1. The predicted octanol–water partition coefficient (Wildman–Crippen LogP) is 0.507. The zero-order chi connectivity index (χ0) is 12.8. The maximum absolute atomic E-state index is 11.7. The largest absolute Gasteiger partial charge is 0.320 e. The molecule has 0 aliphatic carbocycles. The quantitative estimate of drug-likeness (QED) is 0.796. The van der Waals surface area contributed by atoms with Gasteiger partial charge in [0.05, 0.1) is 17.4 Å². The number of nitrogens with zero attached hydrogens (tertiary/aromatic N) is 3. The Balaban J connectivity index is 2.58. The van der Waals surface area contributed by atoms with Crippen LogP contribution in [0.25, 0.3) is 0 Å². The molecule has 0 aliphatic heterocycles. The molecule has 3 N–H and O–H groups in total. The monoisotopic (exact) mass is 255 g/mol. The minimum atomic E-state index is -0.535. The Bertz CT molecular complexity index is 398. The van der Waals surface area contributed by atoms with Gasteiger partial charge in [-0.25, -0.2) is 4.98 Å². The molecule has 0 radical (unpaired) electrons. The fourth-order valence-corrected chi connectivity index (χ4v) is 1.58. The van der Waals surface area contributed by atoms with Gasteiger partial charge in [0, 0.05) is 0 Å². The lowest BCUT2D eigenvalue weighted by Gasteiger charge is -2.10. The molecule has 6 nitrogen and oxygen atoms in total. The molecule has 0 saturated carbocycles. The van der Waals surface area contributed by atoms with Crippen molar-refractivity contribution in [2.75, 3.05) is 17.3 Å². The van der Waals surface area contributed by atoms with E-state index in [0.717, 1.165) is 17.1 Å². The Morgan fingerprint density at radius 1 is 1.41 bits per heavy atom. The molecular weight excluding hydrogens is 238 g/mol. The highest BCUT2D eigenvalue weighted by Gasteiger charge is 2.14. The Kier molecular flexibility index (Phi) is 5.30. The van der Waals surface area contributed by atoms with Crippen molar-refractivity contribution in [3.05, 3.63) is 11.4 Å². The number of rotatable bonds is 5. The van der Waals surface area contributed by atoms with Crippen LogP contribution in [-0.4, -0.2) is 39.1 Å². The highest BCUT2D eigenvalue weighted by molar-refractivity contribution is 7.98. The molecule has 1 amide bonds. The molecule has 0 saturated heterocycles. The van der Waals surface area contributed by atoms with E-state index in [2.05, 4.69) is 20.5 Å². The number of anilines is 1. The highest BCUT2D eigenvalue weighted by Crippen LogP contribution is 2.04. The summed E-state index contributed by atoms with van der Waals surface area (Å²) in [6, 6.07) is -0.535. The van der Waals surface area contributed by atoms with Crippen molar-refractivity contribution in [1.82, 2.24) is 15.2 Å². The second kappa shape index (κ2) is 6.51. The van der Waals surface area contributed by atoms with Gasteiger partial charge in [0.1, 0.15) is 0 Å². The number of thioether (sulfide) groups is 1. The molecule has 0 bridgehead atoms. The lowest BCUT2D eigenvalue weighted by Crippen LogP contribution is -2.36. The van der Waals surface area contributed by atoms with E-state index >= 15 is 0 Å². The van der Waals surface area contributed by atoms with E-state index in [4.69, 9.17) is 5.73 Å². The van der Waals surface area contributed by atoms with Crippen LogP contribution in [0.15, 0.2) is 0 Å². The second-order valence-corrected chi connectivity index (χ2v) is 4.67. The van der Waals surface area contributed by atoms with Crippen molar-refractivity contribution in [3.8, 4) is 0 Å². The summed E-state index contributed by atoms with van der Waals surface area (Å²) in [6.45, 7) is 3.62. The van der Waals surface area contributed by atoms with Gasteiger partial charge in [-0.2, -0.15) is 16.9 Å². The number of carbonyl (C=O) groups is 1. The first-order chi connectivity index (χ1) is 8.04. The smallest absolute Gasteiger partial charge is 0.249 e. The second-order valence-electron chi connectivity index (χ2n) is 3.68. The van der Waals surface area contributed by atoms with E-state index in [1.807, 2.05) is 20.1 Å². The van der Waals surface area contributed by atoms with Crippen molar-refractivity contribution in [3.63, 3.8) is 0 Å². The highest BCUT2D eigenvalue weighted by atomic mass is 32.2. The van der Waals surface area contributed by atoms with Gasteiger partial charge in [-0.1, -0.05) is 0 Å². The standard InChI is InChI=1S/C10H17N5OS/c1-6-7(2)14-15-10(12-6)13-9(16)8(11)4-5-17-3/h8H,4-5,11H2,1-3H3,(H,12,13,15,16)/t8-/m0/s1. The van der Waals surface area contributed by atoms with Gasteiger partial charge in [0.15, 0.2) is 0 Å². The maximum Gasteiger partial charge on any atom is 0.249 e. The van der Waals surface area contributed by atoms with Gasteiger partial charge in [0.2, 0.25) is 11.9 Å². The van der Waals surface area contributed by atoms with Gasteiger partial charge < -0.3 is 5.73 Å². The molecule has 1 atom stereocenters. The molecule has 0 fully saturated rings.